The van der Waals surface area contributed by atoms with E-state index in [0.717, 1.165) is 5.56 Å². The summed E-state index contributed by atoms with van der Waals surface area (Å²) in [5, 5.41) is 12.0. The predicted octanol–water partition coefficient (Wildman–Crippen LogP) is 2.29. The number of aromatic hydroxyl groups is 1. The summed E-state index contributed by atoms with van der Waals surface area (Å²) in [6.45, 7) is 1.82. The Hall–Kier alpha value is -2.82. The molecule has 0 bridgehead atoms. The van der Waals surface area contributed by atoms with E-state index >= 15 is 0 Å². The number of esters is 1. The number of ether oxygens (including phenoxy) is 1. The van der Waals surface area contributed by atoms with Gasteiger partial charge in [-0.05, 0) is 48.4 Å². The van der Waals surface area contributed by atoms with Crippen LogP contribution in [0.2, 0.25) is 0 Å². The van der Waals surface area contributed by atoms with Gasteiger partial charge in [0.1, 0.15) is 11.5 Å². The van der Waals surface area contributed by atoms with Gasteiger partial charge in [-0.25, -0.2) is 0 Å². The van der Waals surface area contributed by atoms with Crippen molar-refractivity contribution in [3.63, 3.8) is 0 Å². The molecule has 0 aliphatic heterocycles. The summed E-state index contributed by atoms with van der Waals surface area (Å²) in [5.41, 5.74) is 1.53. The van der Waals surface area contributed by atoms with Crippen molar-refractivity contribution in [2.45, 2.75) is 13.3 Å². The zero-order chi connectivity index (χ0) is 15.9. The van der Waals surface area contributed by atoms with E-state index in [9.17, 15) is 14.7 Å². The molecule has 2 aromatic rings. The van der Waals surface area contributed by atoms with Gasteiger partial charge in [-0.1, -0.05) is 12.1 Å². The van der Waals surface area contributed by atoms with Crippen LogP contribution in [-0.2, 0) is 11.2 Å². The number of carbonyl (C=O) groups excluding carboxylic acids is 2. The quantitative estimate of drug-likeness (QED) is 0.656. The average molecular weight is 299 g/mol. The molecule has 0 heterocycles. The number of carbonyl (C=O) groups is 2. The topological polar surface area (TPSA) is 75.6 Å². The standard InChI is InChI=1S/C17H17NO4/c1-12(19)22-16-8-4-14(5-9-16)17(21)18-11-10-13-2-6-15(20)7-3-13/h2-9,20H,10-11H2,1H3,(H,18,21). The third-order valence-corrected chi connectivity index (χ3v) is 3.01. The van der Waals surface area contributed by atoms with Crippen LogP contribution in [0.25, 0.3) is 0 Å². The maximum absolute atomic E-state index is 12.0. The number of hydrogen-bond donors (Lipinski definition) is 2. The van der Waals surface area contributed by atoms with E-state index in [1.807, 2.05) is 12.1 Å². The Morgan fingerprint density at radius 2 is 1.68 bits per heavy atom. The van der Waals surface area contributed by atoms with Crippen LogP contribution < -0.4 is 10.1 Å². The molecule has 0 unspecified atom stereocenters. The lowest BCUT2D eigenvalue weighted by molar-refractivity contribution is -0.131. The molecule has 0 saturated heterocycles. The molecule has 0 aromatic heterocycles. The highest BCUT2D eigenvalue weighted by atomic mass is 16.5. The van der Waals surface area contributed by atoms with Crippen LogP contribution in [0.1, 0.15) is 22.8 Å². The highest BCUT2D eigenvalue weighted by Crippen LogP contribution is 2.12. The zero-order valence-corrected chi connectivity index (χ0v) is 12.2. The molecule has 0 aliphatic rings. The molecule has 2 N–H and O–H groups in total. The fourth-order valence-corrected chi connectivity index (χ4v) is 1.93. The minimum atomic E-state index is -0.397. The first-order valence-electron chi connectivity index (χ1n) is 6.89. The minimum Gasteiger partial charge on any atom is -0.508 e. The Morgan fingerprint density at radius 1 is 1.05 bits per heavy atom. The van der Waals surface area contributed by atoms with Crippen LogP contribution in [0, 0.1) is 0 Å². The van der Waals surface area contributed by atoms with Gasteiger partial charge in [-0.2, -0.15) is 0 Å². The fourth-order valence-electron chi connectivity index (χ4n) is 1.93. The maximum atomic E-state index is 12.0. The lowest BCUT2D eigenvalue weighted by Crippen LogP contribution is -2.25. The van der Waals surface area contributed by atoms with Gasteiger partial charge >= 0.3 is 5.97 Å². The van der Waals surface area contributed by atoms with Crippen molar-refractivity contribution < 1.29 is 19.4 Å². The molecule has 1 amide bonds. The Balaban J connectivity index is 1.84. The molecule has 0 fully saturated rings. The molecule has 5 nitrogen and oxygen atoms in total. The number of phenolic OH excluding ortho intramolecular Hbond substituents is 1. The van der Waals surface area contributed by atoms with Gasteiger partial charge in [0.2, 0.25) is 0 Å². The second-order valence-corrected chi connectivity index (χ2v) is 4.79. The lowest BCUT2D eigenvalue weighted by atomic mass is 10.1. The molecule has 0 radical (unpaired) electrons. The molecular formula is C17H17NO4. The summed E-state index contributed by atoms with van der Waals surface area (Å²) < 4.78 is 4.91. The highest BCUT2D eigenvalue weighted by Gasteiger charge is 2.06. The van der Waals surface area contributed by atoms with Crippen LogP contribution in [0.4, 0.5) is 0 Å². The van der Waals surface area contributed by atoms with Crippen LogP contribution in [0.3, 0.4) is 0 Å². The summed E-state index contributed by atoms with van der Waals surface area (Å²) in [6, 6.07) is 13.2. The maximum Gasteiger partial charge on any atom is 0.308 e. The first-order valence-corrected chi connectivity index (χ1v) is 6.89. The molecule has 0 aliphatic carbocycles. The summed E-state index contributed by atoms with van der Waals surface area (Å²) in [4.78, 5) is 22.8. The van der Waals surface area contributed by atoms with E-state index < -0.39 is 5.97 Å². The third kappa shape index (κ3) is 4.63. The van der Waals surface area contributed by atoms with Crippen molar-refractivity contribution in [2.24, 2.45) is 0 Å². The van der Waals surface area contributed by atoms with Crippen molar-refractivity contribution >= 4 is 11.9 Å². The molecule has 2 aromatic carbocycles. The number of phenols is 1. The van der Waals surface area contributed by atoms with Crippen molar-refractivity contribution in [1.29, 1.82) is 0 Å². The molecule has 114 valence electrons. The molecule has 5 heteroatoms. The Labute approximate surface area is 128 Å². The fraction of sp³-hybridized carbons (Fsp3) is 0.176. The van der Waals surface area contributed by atoms with Crippen molar-refractivity contribution in [1.82, 2.24) is 5.32 Å². The van der Waals surface area contributed by atoms with Crippen LogP contribution in [0.5, 0.6) is 11.5 Å². The number of nitrogens with one attached hydrogen (secondary N) is 1. The van der Waals surface area contributed by atoms with Gasteiger partial charge in [0.25, 0.3) is 5.91 Å². The largest absolute Gasteiger partial charge is 0.508 e. The first-order chi connectivity index (χ1) is 10.5. The normalized spacial score (nSPS) is 10.0. The Kier molecular flexibility index (Phi) is 5.14. The van der Waals surface area contributed by atoms with Crippen LogP contribution in [0.15, 0.2) is 48.5 Å². The van der Waals surface area contributed by atoms with Gasteiger partial charge in [0.15, 0.2) is 0 Å². The Bertz CT molecular complexity index is 647. The predicted molar refractivity (Wildman–Crippen MR) is 81.9 cm³/mol. The van der Waals surface area contributed by atoms with Crippen molar-refractivity contribution in [2.75, 3.05) is 6.54 Å². The van der Waals surface area contributed by atoms with Crippen LogP contribution >= 0.6 is 0 Å². The van der Waals surface area contributed by atoms with Gasteiger partial charge in [-0.15, -0.1) is 0 Å². The second kappa shape index (κ2) is 7.26. The first kappa shape index (κ1) is 15.6. The van der Waals surface area contributed by atoms with Gasteiger partial charge in [0, 0.05) is 19.0 Å². The van der Waals surface area contributed by atoms with E-state index in [0.29, 0.717) is 24.3 Å². The molecule has 22 heavy (non-hydrogen) atoms. The summed E-state index contributed by atoms with van der Waals surface area (Å²) in [6.07, 6.45) is 0.678. The molecular weight excluding hydrogens is 282 g/mol. The van der Waals surface area contributed by atoms with E-state index in [1.54, 1.807) is 36.4 Å². The zero-order valence-electron chi connectivity index (χ0n) is 12.2. The van der Waals surface area contributed by atoms with E-state index in [4.69, 9.17) is 4.74 Å². The summed E-state index contributed by atoms with van der Waals surface area (Å²) >= 11 is 0. The van der Waals surface area contributed by atoms with Gasteiger partial charge < -0.3 is 15.2 Å². The summed E-state index contributed by atoms with van der Waals surface area (Å²) in [7, 11) is 0. The smallest absolute Gasteiger partial charge is 0.308 e. The molecule has 0 spiro atoms. The minimum absolute atomic E-state index is 0.187. The third-order valence-electron chi connectivity index (χ3n) is 3.01. The van der Waals surface area contributed by atoms with Gasteiger partial charge in [-0.3, -0.25) is 9.59 Å². The van der Waals surface area contributed by atoms with E-state index in [-0.39, 0.29) is 11.7 Å². The van der Waals surface area contributed by atoms with Gasteiger partial charge in [0.05, 0.1) is 0 Å². The Morgan fingerprint density at radius 3 is 2.27 bits per heavy atom. The number of rotatable bonds is 5. The molecule has 0 saturated carbocycles. The van der Waals surface area contributed by atoms with Crippen molar-refractivity contribution in [3.05, 3.63) is 59.7 Å². The van der Waals surface area contributed by atoms with Crippen molar-refractivity contribution in [3.8, 4) is 11.5 Å². The SMILES string of the molecule is CC(=O)Oc1ccc(C(=O)NCCc2ccc(O)cc2)cc1. The lowest BCUT2D eigenvalue weighted by Gasteiger charge is -2.06. The number of benzene rings is 2. The summed E-state index contributed by atoms with van der Waals surface area (Å²) in [5.74, 6) is 0.0491. The number of hydrogen-bond acceptors (Lipinski definition) is 4. The second-order valence-electron chi connectivity index (χ2n) is 4.79. The molecule has 0 atom stereocenters. The molecule has 2 rings (SSSR count). The van der Waals surface area contributed by atoms with Crippen LogP contribution in [-0.4, -0.2) is 23.5 Å². The average Bonchev–Trinajstić information content (AvgIpc) is 2.49. The highest BCUT2D eigenvalue weighted by molar-refractivity contribution is 5.94. The van der Waals surface area contributed by atoms with E-state index in [2.05, 4.69) is 5.32 Å². The monoisotopic (exact) mass is 299 g/mol. The number of amides is 1. The van der Waals surface area contributed by atoms with E-state index in [1.165, 1.54) is 6.92 Å².